The van der Waals surface area contributed by atoms with Gasteiger partial charge in [-0.3, -0.25) is 9.59 Å². The molecule has 0 aliphatic heterocycles. The standard InChI is InChI=1S/C17H11Cl2NO3/c1-2-10(20)7-3-6-11(21)15-12(7)16(22)13-8(18)4-5-9(19)14(13)17(15)23/h2-6,10,21H,1,20H2. The molecule has 3 N–H and O–H groups in total. The number of ketones is 2. The van der Waals surface area contributed by atoms with E-state index in [9.17, 15) is 14.7 Å². The number of fused-ring (bicyclic) bond motifs is 2. The number of carbonyl (C=O) groups is 2. The first-order valence-corrected chi connectivity index (χ1v) is 7.45. The van der Waals surface area contributed by atoms with Gasteiger partial charge in [0.1, 0.15) is 5.75 Å². The van der Waals surface area contributed by atoms with Crippen LogP contribution in [0.4, 0.5) is 0 Å². The number of phenolic OH excluding ortho intramolecular Hbond substituents is 1. The minimum Gasteiger partial charge on any atom is -0.507 e. The van der Waals surface area contributed by atoms with Gasteiger partial charge in [0.25, 0.3) is 0 Å². The van der Waals surface area contributed by atoms with Crippen molar-refractivity contribution in [3.8, 4) is 5.75 Å². The van der Waals surface area contributed by atoms with Crippen molar-refractivity contribution >= 4 is 34.8 Å². The maximum atomic E-state index is 12.9. The zero-order valence-electron chi connectivity index (χ0n) is 11.8. The summed E-state index contributed by atoms with van der Waals surface area (Å²) in [6, 6.07) is 5.05. The van der Waals surface area contributed by atoms with Crippen molar-refractivity contribution in [1.29, 1.82) is 0 Å². The third-order valence-electron chi connectivity index (χ3n) is 3.84. The van der Waals surface area contributed by atoms with Crippen molar-refractivity contribution in [3.05, 3.63) is 74.8 Å². The highest BCUT2D eigenvalue weighted by atomic mass is 35.5. The number of benzene rings is 2. The maximum Gasteiger partial charge on any atom is 0.199 e. The molecule has 116 valence electrons. The molecule has 1 unspecified atom stereocenters. The predicted octanol–water partition coefficient (Wildman–Crippen LogP) is 3.66. The van der Waals surface area contributed by atoms with E-state index in [2.05, 4.69) is 6.58 Å². The molecule has 4 nitrogen and oxygen atoms in total. The number of phenols is 1. The second kappa shape index (κ2) is 5.49. The molecule has 6 heteroatoms. The molecule has 0 saturated heterocycles. The van der Waals surface area contributed by atoms with Gasteiger partial charge in [0.2, 0.25) is 0 Å². The van der Waals surface area contributed by atoms with Crippen molar-refractivity contribution in [2.75, 3.05) is 0 Å². The number of hydrogen-bond acceptors (Lipinski definition) is 4. The lowest BCUT2D eigenvalue weighted by atomic mass is 9.80. The number of aromatic hydroxyl groups is 1. The van der Waals surface area contributed by atoms with E-state index in [-0.39, 0.29) is 38.0 Å². The molecule has 0 fully saturated rings. The highest BCUT2D eigenvalue weighted by molar-refractivity contribution is 6.43. The number of carbonyl (C=O) groups excluding carboxylic acids is 2. The van der Waals surface area contributed by atoms with E-state index >= 15 is 0 Å². The molecule has 0 spiro atoms. The maximum absolute atomic E-state index is 12.9. The largest absolute Gasteiger partial charge is 0.507 e. The Morgan fingerprint density at radius 1 is 0.957 bits per heavy atom. The molecule has 0 aromatic heterocycles. The highest BCUT2D eigenvalue weighted by Crippen LogP contribution is 2.41. The average molecular weight is 348 g/mol. The lowest BCUT2D eigenvalue weighted by Crippen LogP contribution is -2.25. The summed E-state index contributed by atoms with van der Waals surface area (Å²) in [6.45, 7) is 3.60. The summed E-state index contributed by atoms with van der Waals surface area (Å²) in [7, 11) is 0. The van der Waals surface area contributed by atoms with Crippen LogP contribution in [0.2, 0.25) is 10.0 Å². The molecular weight excluding hydrogens is 337 g/mol. The normalized spacial score (nSPS) is 14.2. The smallest absolute Gasteiger partial charge is 0.199 e. The second-order valence-corrected chi connectivity index (χ2v) is 5.94. The van der Waals surface area contributed by atoms with E-state index in [1.165, 1.54) is 30.3 Å². The summed E-state index contributed by atoms with van der Waals surface area (Å²) in [5.74, 6) is -1.36. The van der Waals surface area contributed by atoms with Crippen molar-refractivity contribution < 1.29 is 14.7 Å². The van der Waals surface area contributed by atoms with Crippen LogP contribution in [0, 0.1) is 0 Å². The molecule has 0 saturated carbocycles. The molecule has 23 heavy (non-hydrogen) atoms. The quantitative estimate of drug-likeness (QED) is 0.693. The van der Waals surface area contributed by atoms with Crippen LogP contribution in [0.25, 0.3) is 0 Å². The fourth-order valence-corrected chi connectivity index (χ4v) is 3.22. The third kappa shape index (κ3) is 2.18. The van der Waals surface area contributed by atoms with Gasteiger partial charge >= 0.3 is 0 Å². The second-order valence-electron chi connectivity index (χ2n) is 5.12. The van der Waals surface area contributed by atoms with Crippen molar-refractivity contribution in [2.45, 2.75) is 6.04 Å². The van der Waals surface area contributed by atoms with Crippen molar-refractivity contribution in [2.24, 2.45) is 5.73 Å². The zero-order valence-corrected chi connectivity index (χ0v) is 13.3. The van der Waals surface area contributed by atoms with Gasteiger partial charge in [-0.15, -0.1) is 6.58 Å². The van der Waals surface area contributed by atoms with Gasteiger partial charge in [-0.05, 0) is 23.8 Å². The van der Waals surface area contributed by atoms with Crippen LogP contribution in [-0.2, 0) is 0 Å². The Bertz CT molecular complexity index is 890. The molecule has 0 amide bonds. The van der Waals surface area contributed by atoms with Crippen LogP contribution in [0.15, 0.2) is 36.9 Å². The molecule has 1 atom stereocenters. The number of nitrogens with two attached hydrogens (primary N) is 1. The molecule has 1 aliphatic rings. The molecule has 0 heterocycles. The van der Waals surface area contributed by atoms with Crippen LogP contribution in [-0.4, -0.2) is 16.7 Å². The van der Waals surface area contributed by atoms with Crippen LogP contribution in [0.5, 0.6) is 5.75 Å². The van der Waals surface area contributed by atoms with Crippen LogP contribution < -0.4 is 5.73 Å². The van der Waals surface area contributed by atoms with E-state index in [4.69, 9.17) is 28.9 Å². The Kier molecular flexibility index (Phi) is 3.76. The summed E-state index contributed by atoms with van der Waals surface area (Å²) < 4.78 is 0. The van der Waals surface area contributed by atoms with Crippen LogP contribution in [0.3, 0.4) is 0 Å². The Labute approximate surface area is 142 Å². The fraction of sp³-hybridized carbons (Fsp3) is 0.0588. The van der Waals surface area contributed by atoms with Gasteiger partial charge in [-0.25, -0.2) is 0 Å². The fourth-order valence-electron chi connectivity index (χ4n) is 2.73. The Balaban J connectivity index is 2.42. The van der Waals surface area contributed by atoms with E-state index in [1.54, 1.807) is 0 Å². The SMILES string of the molecule is C=CC(N)c1ccc(O)c2c1C(=O)c1c(Cl)ccc(Cl)c1C2=O. The van der Waals surface area contributed by atoms with Gasteiger partial charge in [0, 0.05) is 11.6 Å². The van der Waals surface area contributed by atoms with Crippen molar-refractivity contribution in [3.63, 3.8) is 0 Å². The van der Waals surface area contributed by atoms with E-state index in [0.29, 0.717) is 5.56 Å². The van der Waals surface area contributed by atoms with Gasteiger partial charge < -0.3 is 10.8 Å². The topological polar surface area (TPSA) is 80.4 Å². The zero-order chi connectivity index (χ0) is 16.9. The minimum absolute atomic E-state index is 0.00343. The number of halogens is 2. The summed E-state index contributed by atoms with van der Waals surface area (Å²) in [4.78, 5) is 25.7. The number of rotatable bonds is 2. The van der Waals surface area contributed by atoms with Crippen molar-refractivity contribution in [1.82, 2.24) is 0 Å². The molecule has 0 bridgehead atoms. The van der Waals surface area contributed by atoms with Gasteiger partial charge in [0.15, 0.2) is 11.6 Å². The third-order valence-corrected chi connectivity index (χ3v) is 4.47. The Morgan fingerprint density at radius 2 is 1.48 bits per heavy atom. The molecule has 1 aliphatic carbocycles. The first-order chi connectivity index (χ1) is 10.9. The first-order valence-electron chi connectivity index (χ1n) is 6.69. The van der Waals surface area contributed by atoms with Crippen LogP contribution in [0.1, 0.15) is 43.4 Å². The van der Waals surface area contributed by atoms with Gasteiger partial charge in [-0.1, -0.05) is 35.3 Å². The van der Waals surface area contributed by atoms with E-state index < -0.39 is 17.6 Å². The molecule has 2 aromatic rings. The van der Waals surface area contributed by atoms with E-state index in [1.807, 2.05) is 0 Å². The monoisotopic (exact) mass is 347 g/mol. The average Bonchev–Trinajstić information content (AvgIpc) is 2.53. The molecule has 0 radical (unpaired) electrons. The lowest BCUT2D eigenvalue weighted by molar-refractivity contribution is 0.0976. The Hall–Kier alpha value is -2.14. The lowest BCUT2D eigenvalue weighted by Gasteiger charge is -2.24. The summed E-state index contributed by atoms with van der Waals surface area (Å²) in [5.41, 5.74) is 6.29. The summed E-state index contributed by atoms with van der Waals surface area (Å²) in [6.07, 6.45) is 1.44. The predicted molar refractivity (Wildman–Crippen MR) is 88.6 cm³/mol. The van der Waals surface area contributed by atoms with E-state index in [0.717, 1.165) is 0 Å². The minimum atomic E-state index is -0.666. The highest BCUT2D eigenvalue weighted by Gasteiger charge is 2.37. The molecular formula is C17H11Cl2NO3. The molecule has 3 rings (SSSR count). The first kappa shape index (κ1) is 15.7. The van der Waals surface area contributed by atoms with Gasteiger partial charge in [0.05, 0.1) is 26.7 Å². The summed E-state index contributed by atoms with van der Waals surface area (Å²) >= 11 is 12.2. The molecule has 2 aromatic carbocycles. The summed E-state index contributed by atoms with van der Waals surface area (Å²) in [5, 5.41) is 10.3. The van der Waals surface area contributed by atoms with Crippen LogP contribution >= 0.6 is 23.2 Å². The van der Waals surface area contributed by atoms with Gasteiger partial charge in [-0.2, -0.15) is 0 Å². The number of hydrogen-bond donors (Lipinski definition) is 2. The Morgan fingerprint density at radius 3 is 2.00 bits per heavy atom.